The highest BCUT2D eigenvalue weighted by atomic mass is 35.5. The minimum atomic E-state index is -0.515. The summed E-state index contributed by atoms with van der Waals surface area (Å²) >= 11 is 12.3. The van der Waals surface area contributed by atoms with Crippen molar-refractivity contribution in [2.24, 2.45) is 0 Å². The summed E-state index contributed by atoms with van der Waals surface area (Å²) in [4.78, 5) is 27.3. The molecule has 2 aliphatic rings. The Hall–Kier alpha value is -1.78. The van der Waals surface area contributed by atoms with E-state index in [0.717, 1.165) is 25.7 Å². The van der Waals surface area contributed by atoms with Crippen LogP contribution < -0.4 is 0 Å². The molecule has 0 spiro atoms. The molecule has 1 heterocycles. The summed E-state index contributed by atoms with van der Waals surface area (Å²) < 4.78 is 4.93. The van der Waals surface area contributed by atoms with Gasteiger partial charge in [-0.25, -0.2) is 4.79 Å². The third-order valence-electron chi connectivity index (χ3n) is 5.05. The van der Waals surface area contributed by atoms with E-state index < -0.39 is 5.97 Å². The predicted molar refractivity (Wildman–Crippen MR) is 103 cm³/mol. The number of rotatable bonds is 3. The van der Waals surface area contributed by atoms with Crippen molar-refractivity contribution in [1.82, 2.24) is 4.90 Å². The highest BCUT2D eigenvalue weighted by molar-refractivity contribution is 6.43. The highest BCUT2D eigenvalue weighted by Gasteiger charge is 2.40. The molecule has 1 aliphatic heterocycles. The molecule has 1 fully saturated rings. The molecule has 4 nitrogen and oxygen atoms in total. The quantitative estimate of drug-likeness (QED) is 0.536. The molecule has 26 heavy (non-hydrogen) atoms. The second kappa shape index (κ2) is 7.85. The van der Waals surface area contributed by atoms with Crippen molar-refractivity contribution < 1.29 is 14.3 Å². The average molecular weight is 394 g/mol. The fourth-order valence-electron chi connectivity index (χ4n) is 3.76. The number of amides is 1. The number of benzene rings is 1. The lowest BCUT2D eigenvalue weighted by Crippen LogP contribution is -2.37. The van der Waals surface area contributed by atoms with Gasteiger partial charge in [0.2, 0.25) is 0 Å². The van der Waals surface area contributed by atoms with E-state index in [1.165, 1.54) is 13.5 Å². The number of hydrogen-bond donors (Lipinski definition) is 0. The summed E-state index contributed by atoms with van der Waals surface area (Å²) in [6.45, 7) is 1.80. The lowest BCUT2D eigenvalue weighted by molar-refractivity contribution is -0.136. The molecule has 138 valence electrons. The van der Waals surface area contributed by atoms with Crippen LogP contribution in [-0.2, 0) is 14.3 Å². The van der Waals surface area contributed by atoms with Crippen LogP contribution in [0, 0.1) is 0 Å². The monoisotopic (exact) mass is 393 g/mol. The average Bonchev–Trinajstić information content (AvgIpc) is 2.89. The Morgan fingerprint density at radius 2 is 1.92 bits per heavy atom. The largest absolute Gasteiger partial charge is 0.465 e. The van der Waals surface area contributed by atoms with Gasteiger partial charge in [-0.05, 0) is 37.5 Å². The third kappa shape index (κ3) is 3.40. The van der Waals surface area contributed by atoms with Gasteiger partial charge in [0.25, 0.3) is 5.91 Å². The van der Waals surface area contributed by atoms with Crippen molar-refractivity contribution in [1.29, 1.82) is 0 Å². The van der Waals surface area contributed by atoms with Gasteiger partial charge in [-0.15, -0.1) is 0 Å². The number of ether oxygens (including phenoxy) is 1. The Bertz CT molecular complexity index is 807. The van der Waals surface area contributed by atoms with Crippen LogP contribution in [0.4, 0.5) is 0 Å². The van der Waals surface area contributed by atoms with Gasteiger partial charge in [0.05, 0.1) is 28.3 Å². The lowest BCUT2D eigenvalue weighted by Gasteiger charge is -2.32. The van der Waals surface area contributed by atoms with Crippen LogP contribution in [-0.4, -0.2) is 29.9 Å². The molecular weight excluding hydrogens is 373 g/mol. The second-order valence-electron chi connectivity index (χ2n) is 6.62. The summed E-state index contributed by atoms with van der Waals surface area (Å²) in [5.74, 6) is -0.690. The fraction of sp³-hybridized carbons (Fsp3) is 0.400. The van der Waals surface area contributed by atoms with E-state index in [4.69, 9.17) is 27.9 Å². The molecule has 1 aromatic carbocycles. The SMILES string of the molecule is COC(=O)C1=C(C)N(C2CCCCC2)C(=O)/C1=C\c1cccc(Cl)c1Cl. The molecule has 0 N–H and O–H groups in total. The maximum atomic E-state index is 13.2. The van der Waals surface area contributed by atoms with Crippen LogP contribution in [0.5, 0.6) is 0 Å². The van der Waals surface area contributed by atoms with Gasteiger partial charge >= 0.3 is 5.97 Å². The zero-order chi connectivity index (χ0) is 18.8. The van der Waals surface area contributed by atoms with Crippen molar-refractivity contribution in [2.75, 3.05) is 7.11 Å². The molecule has 6 heteroatoms. The van der Waals surface area contributed by atoms with Crippen LogP contribution in [0.3, 0.4) is 0 Å². The lowest BCUT2D eigenvalue weighted by atomic mass is 9.94. The first-order valence-corrected chi connectivity index (χ1v) is 9.50. The standard InChI is InChI=1S/C20H21Cl2NO3/c1-12-17(20(25)26-2)15(11-13-7-6-10-16(21)18(13)22)19(24)23(12)14-8-4-3-5-9-14/h6-7,10-11,14H,3-5,8-9H2,1-2H3/b15-11-. The predicted octanol–water partition coefficient (Wildman–Crippen LogP) is 5.00. The number of allylic oxidation sites excluding steroid dienone is 1. The molecule has 0 atom stereocenters. The Morgan fingerprint density at radius 3 is 2.58 bits per heavy atom. The zero-order valence-corrected chi connectivity index (χ0v) is 16.4. The number of esters is 1. The third-order valence-corrected chi connectivity index (χ3v) is 5.89. The van der Waals surface area contributed by atoms with E-state index in [1.54, 1.807) is 36.1 Å². The zero-order valence-electron chi connectivity index (χ0n) is 14.9. The maximum absolute atomic E-state index is 13.2. The number of halogens is 2. The number of methoxy groups -OCH3 is 1. The smallest absolute Gasteiger partial charge is 0.340 e. The van der Waals surface area contributed by atoms with E-state index in [9.17, 15) is 9.59 Å². The Labute approximate surface area is 163 Å². The Balaban J connectivity index is 2.08. The Morgan fingerprint density at radius 1 is 1.23 bits per heavy atom. The number of carbonyl (C=O) groups is 2. The van der Waals surface area contributed by atoms with Gasteiger partial charge in [-0.3, -0.25) is 4.79 Å². The van der Waals surface area contributed by atoms with Crippen LogP contribution in [0.2, 0.25) is 10.0 Å². The van der Waals surface area contributed by atoms with Gasteiger partial charge < -0.3 is 9.64 Å². The van der Waals surface area contributed by atoms with Gasteiger partial charge in [0.15, 0.2) is 0 Å². The molecule has 1 amide bonds. The molecule has 0 radical (unpaired) electrons. The van der Waals surface area contributed by atoms with Gasteiger partial charge in [0, 0.05) is 11.7 Å². The summed E-state index contributed by atoms with van der Waals surface area (Å²) in [6, 6.07) is 5.32. The van der Waals surface area contributed by atoms with Gasteiger partial charge in [0.1, 0.15) is 0 Å². The van der Waals surface area contributed by atoms with E-state index in [2.05, 4.69) is 0 Å². The van der Waals surface area contributed by atoms with Crippen LogP contribution in [0.25, 0.3) is 6.08 Å². The first-order valence-electron chi connectivity index (χ1n) is 8.74. The molecule has 1 aliphatic carbocycles. The fourth-order valence-corrected chi connectivity index (χ4v) is 4.13. The van der Waals surface area contributed by atoms with Gasteiger partial charge in [-0.1, -0.05) is 54.6 Å². The van der Waals surface area contributed by atoms with Crippen LogP contribution in [0.15, 0.2) is 35.0 Å². The van der Waals surface area contributed by atoms with Crippen molar-refractivity contribution >= 4 is 41.2 Å². The summed E-state index contributed by atoms with van der Waals surface area (Å²) in [5.41, 5.74) is 1.86. The molecule has 0 bridgehead atoms. The highest BCUT2D eigenvalue weighted by Crippen LogP contribution is 2.38. The summed E-state index contributed by atoms with van der Waals surface area (Å²) in [7, 11) is 1.32. The van der Waals surface area contributed by atoms with E-state index in [-0.39, 0.29) is 11.9 Å². The molecular formula is C20H21Cl2NO3. The molecule has 0 unspecified atom stereocenters. The molecule has 0 aromatic heterocycles. The second-order valence-corrected chi connectivity index (χ2v) is 7.41. The van der Waals surface area contributed by atoms with E-state index >= 15 is 0 Å². The van der Waals surface area contributed by atoms with Crippen LogP contribution >= 0.6 is 23.2 Å². The summed E-state index contributed by atoms with van der Waals surface area (Å²) in [6.07, 6.45) is 6.90. The number of nitrogens with zero attached hydrogens (tertiary/aromatic N) is 1. The minimum absolute atomic E-state index is 0.122. The first kappa shape index (κ1) is 19.0. The molecule has 0 saturated heterocycles. The van der Waals surface area contributed by atoms with E-state index in [0.29, 0.717) is 32.5 Å². The van der Waals surface area contributed by atoms with Crippen LogP contribution in [0.1, 0.15) is 44.6 Å². The number of hydrogen-bond acceptors (Lipinski definition) is 3. The number of carbonyl (C=O) groups excluding carboxylic acids is 2. The van der Waals surface area contributed by atoms with E-state index in [1.807, 2.05) is 0 Å². The molecule has 1 saturated carbocycles. The molecule has 3 rings (SSSR count). The van der Waals surface area contributed by atoms with Crippen molar-refractivity contribution in [3.63, 3.8) is 0 Å². The normalized spacial score (nSPS) is 20.2. The topological polar surface area (TPSA) is 46.6 Å². The summed E-state index contributed by atoms with van der Waals surface area (Å²) in [5, 5.41) is 0.753. The first-order chi connectivity index (χ1) is 12.5. The van der Waals surface area contributed by atoms with Crippen molar-refractivity contribution in [3.05, 3.63) is 50.7 Å². The van der Waals surface area contributed by atoms with Crippen molar-refractivity contribution in [2.45, 2.75) is 45.1 Å². The minimum Gasteiger partial charge on any atom is -0.465 e. The maximum Gasteiger partial charge on any atom is 0.340 e. The molecule has 1 aromatic rings. The van der Waals surface area contributed by atoms with Gasteiger partial charge in [-0.2, -0.15) is 0 Å². The van der Waals surface area contributed by atoms with Crippen molar-refractivity contribution in [3.8, 4) is 0 Å². The Kier molecular flexibility index (Phi) is 5.73.